The van der Waals surface area contributed by atoms with Crippen LogP contribution in [0.1, 0.15) is 42.1 Å². The highest BCUT2D eigenvalue weighted by Crippen LogP contribution is 2.24. The number of hydrogen-bond acceptors (Lipinski definition) is 2. The van der Waals surface area contributed by atoms with Crippen molar-refractivity contribution in [2.75, 3.05) is 5.73 Å². The van der Waals surface area contributed by atoms with Gasteiger partial charge in [-0.2, -0.15) is 5.10 Å². The second kappa shape index (κ2) is 5.25. The molecule has 3 N–H and O–H groups in total. The van der Waals surface area contributed by atoms with E-state index in [1.807, 2.05) is 0 Å². The molecule has 0 amide bonds. The first-order valence-electron chi connectivity index (χ1n) is 6.46. The van der Waals surface area contributed by atoms with Gasteiger partial charge in [0, 0.05) is 11.3 Å². The van der Waals surface area contributed by atoms with Gasteiger partial charge in [-0.3, -0.25) is 5.10 Å². The van der Waals surface area contributed by atoms with Crippen LogP contribution < -0.4 is 5.73 Å². The van der Waals surface area contributed by atoms with E-state index in [4.69, 9.17) is 5.73 Å². The Bertz CT molecular complexity index is 509. The number of rotatable bonds is 4. The lowest BCUT2D eigenvalue weighted by molar-refractivity contribution is 0.819. The molecule has 1 aromatic heterocycles. The third-order valence-electron chi connectivity index (χ3n) is 3.27. The summed E-state index contributed by atoms with van der Waals surface area (Å²) in [7, 11) is 0. The molecule has 0 saturated carbocycles. The second-order valence-corrected chi connectivity index (χ2v) is 5.14. The van der Waals surface area contributed by atoms with Gasteiger partial charge in [0.2, 0.25) is 0 Å². The number of benzene rings is 1. The van der Waals surface area contributed by atoms with Crippen LogP contribution in [0.15, 0.2) is 24.3 Å². The van der Waals surface area contributed by atoms with Gasteiger partial charge in [0.1, 0.15) is 5.82 Å². The molecule has 3 nitrogen and oxygen atoms in total. The Morgan fingerprint density at radius 2 is 1.83 bits per heavy atom. The maximum Gasteiger partial charge on any atom is 0.148 e. The lowest BCUT2D eigenvalue weighted by Crippen LogP contribution is -1.99. The zero-order valence-corrected chi connectivity index (χ0v) is 11.3. The third-order valence-corrected chi connectivity index (χ3v) is 3.27. The summed E-state index contributed by atoms with van der Waals surface area (Å²) in [6.45, 7) is 6.41. The van der Waals surface area contributed by atoms with E-state index in [1.54, 1.807) is 0 Å². The molecule has 1 heterocycles. The van der Waals surface area contributed by atoms with Gasteiger partial charge in [-0.05, 0) is 31.2 Å². The summed E-state index contributed by atoms with van der Waals surface area (Å²) in [6, 6.07) is 8.67. The quantitative estimate of drug-likeness (QED) is 0.866. The van der Waals surface area contributed by atoms with Gasteiger partial charge in [-0.25, -0.2) is 0 Å². The SMILES string of the molecule is Cc1ccc(CCc2[nH]nc(N)c2C(C)C)cc1. The average molecular weight is 243 g/mol. The van der Waals surface area contributed by atoms with Gasteiger partial charge in [-0.1, -0.05) is 43.7 Å². The molecule has 0 aliphatic carbocycles. The van der Waals surface area contributed by atoms with Crippen LogP contribution in [0.3, 0.4) is 0 Å². The summed E-state index contributed by atoms with van der Waals surface area (Å²) >= 11 is 0. The van der Waals surface area contributed by atoms with Crippen LogP contribution in [0.4, 0.5) is 5.82 Å². The van der Waals surface area contributed by atoms with E-state index < -0.39 is 0 Å². The standard InChI is InChI=1S/C15H21N3/c1-10(2)14-13(17-18-15(14)16)9-8-12-6-4-11(3)5-7-12/h4-7,10H,8-9H2,1-3H3,(H3,16,17,18). The van der Waals surface area contributed by atoms with Crippen molar-refractivity contribution in [3.63, 3.8) is 0 Å². The maximum atomic E-state index is 5.89. The Morgan fingerprint density at radius 1 is 1.17 bits per heavy atom. The van der Waals surface area contributed by atoms with Crippen molar-refractivity contribution in [3.05, 3.63) is 46.6 Å². The number of aryl methyl sites for hydroxylation is 3. The monoisotopic (exact) mass is 243 g/mol. The Kier molecular flexibility index (Phi) is 3.70. The Morgan fingerprint density at radius 3 is 2.44 bits per heavy atom. The van der Waals surface area contributed by atoms with Crippen LogP contribution in [0, 0.1) is 6.92 Å². The maximum absolute atomic E-state index is 5.89. The Balaban J connectivity index is 2.08. The number of nitrogens with one attached hydrogen (secondary N) is 1. The van der Waals surface area contributed by atoms with E-state index in [0.717, 1.165) is 12.8 Å². The van der Waals surface area contributed by atoms with Crippen molar-refractivity contribution in [2.45, 2.75) is 39.5 Å². The van der Waals surface area contributed by atoms with Crippen molar-refractivity contribution in [1.29, 1.82) is 0 Å². The highest BCUT2D eigenvalue weighted by molar-refractivity contribution is 5.44. The minimum absolute atomic E-state index is 0.414. The van der Waals surface area contributed by atoms with Crippen molar-refractivity contribution in [2.24, 2.45) is 0 Å². The van der Waals surface area contributed by atoms with E-state index >= 15 is 0 Å². The number of aromatic amines is 1. The van der Waals surface area contributed by atoms with Crippen molar-refractivity contribution < 1.29 is 0 Å². The molecule has 2 rings (SSSR count). The van der Waals surface area contributed by atoms with Gasteiger partial charge < -0.3 is 5.73 Å². The molecule has 18 heavy (non-hydrogen) atoms. The van der Waals surface area contributed by atoms with Crippen LogP contribution in [-0.4, -0.2) is 10.2 Å². The Hall–Kier alpha value is -1.77. The summed E-state index contributed by atoms with van der Waals surface area (Å²) in [6.07, 6.45) is 1.97. The molecule has 3 heteroatoms. The molecule has 96 valence electrons. The summed E-state index contributed by atoms with van der Waals surface area (Å²) in [5, 5.41) is 7.18. The summed E-state index contributed by atoms with van der Waals surface area (Å²) < 4.78 is 0. The number of H-pyrrole nitrogens is 1. The minimum Gasteiger partial charge on any atom is -0.382 e. The van der Waals surface area contributed by atoms with E-state index in [1.165, 1.54) is 22.4 Å². The normalized spacial score (nSPS) is 11.1. The number of nitrogens with zero attached hydrogens (tertiary/aromatic N) is 1. The fourth-order valence-electron chi connectivity index (χ4n) is 2.26. The first kappa shape index (κ1) is 12.7. The van der Waals surface area contributed by atoms with E-state index in [2.05, 4.69) is 55.2 Å². The number of nitrogen functional groups attached to an aromatic ring is 1. The zero-order chi connectivity index (χ0) is 13.1. The largest absolute Gasteiger partial charge is 0.382 e. The van der Waals surface area contributed by atoms with Crippen molar-refractivity contribution >= 4 is 5.82 Å². The third kappa shape index (κ3) is 2.73. The first-order chi connectivity index (χ1) is 8.58. The molecule has 1 aromatic carbocycles. The molecule has 0 radical (unpaired) electrons. The lowest BCUT2D eigenvalue weighted by atomic mass is 9.98. The summed E-state index contributed by atoms with van der Waals surface area (Å²) in [4.78, 5) is 0. The highest BCUT2D eigenvalue weighted by Gasteiger charge is 2.13. The van der Waals surface area contributed by atoms with Gasteiger partial charge in [0.25, 0.3) is 0 Å². The molecule has 0 fully saturated rings. The lowest BCUT2D eigenvalue weighted by Gasteiger charge is -2.07. The van der Waals surface area contributed by atoms with Crippen LogP contribution in [-0.2, 0) is 12.8 Å². The second-order valence-electron chi connectivity index (χ2n) is 5.14. The minimum atomic E-state index is 0.414. The zero-order valence-electron chi connectivity index (χ0n) is 11.3. The van der Waals surface area contributed by atoms with E-state index in [-0.39, 0.29) is 0 Å². The van der Waals surface area contributed by atoms with Crippen LogP contribution >= 0.6 is 0 Å². The number of aromatic nitrogens is 2. The Labute approximate surface area is 108 Å². The molecule has 0 aliphatic heterocycles. The summed E-state index contributed by atoms with van der Waals surface area (Å²) in [5.74, 6) is 1.06. The smallest absolute Gasteiger partial charge is 0.148 e. The average Bonchev–Trinajstić information content (AvgIpc) is 2.70. The topological polar surface area (TPSA) is 54.7 Å². The number of nitrogens with two attached hydrogens (primary N) is 1. The molecule has 0 saturated heterocycles. The van der Waals surface area contributed by atoms with Gasteiger partial charge in [-0.15, -0.1) is 0 Å². The number of hydrogen-bond donors (Lipinski definition) is 2. The van der Waals surface area contributed by atoms with Gasteiger partial charge in [0.15, 0.2) is 0 Å². The molecular weight excluding hydrogens is 222 g/mol. The van der Waals surface area contributed by atoms with E-state index in [0.29, 0.717) is 11.7 Å². The van der Waals surface area contributed by atoms with Gasteiger partial charge >= 0.3 is 0 Å². The fraction of sp³-hybridized carbons (Fsp3) is 0.400. The predicted octanol–water partition coefficient (Wildman–Crippen LogP) is 3.21. The van der Waals surface area contributed by atoms with Crippen LogP contribution in [0.25, 0.3) is 0 Å². The van der Waals surface area contributed by atoms with Crippen LogP contribution in [0.5, 0.6) is 0 Å². The number of anilines is 1. The molecule has 0 bridgehead atoms. The van der Waals surface area contributed by atoms with Crippen molar-refractivity contribution in [1.82, 2.24) is 10.2 Å². The molecule has 0 spiro atoms. The molecule has 0 atom stereocenters. The van der Waals surface area contributed by atoms with Gasteiger partial charge in [0.05, 0.1) is 0 Å². The molecular formula is C15H21N3. The van der Waals surface area contributed by atoms with Crippen molar-refractivity contribution in [3.8, 4) is 0 Å². The van der Waals surface area contributed by atoms with E-state index in [9.17, 15) is 0 Å². The fourth-order valence-corrected chi connectivity index (χ4v) is 2.26. The van der Waals surface area contributed by atoms with Crippen LogP contribution in [0.2, 0.25) is 0 Å². The molecule has 2 aromatic rings. The molecule has 0 unspecified atom stereocenters. The predicted molar refractivity (Wildman–Crippen MR) is 75.7 cm³/mol. The first-order valence-corrected chi connectivity index (χ1v) is 6.46. The highest BCUT2D eigenvalue weighted by atomic mass is 15.2. The molecule has 0 aliphatic rings. The summed E-state index contributed by atoms with van der Waals surface area (Å²) in [5.41, 5.74) is 10.9.